The van der Waals surface area contributed by atoms with Crippen molar-refractivity contribution in [1.29, 1.82) is 0 Å². The molecule has 1 aromatic carbocycles. The van der Waals surface area contributed by atoms with Crippen molar-refractivity contribution < 1.29 is 19.7 Å². The van der Waals surface area contributed by atoms with Crippen molar-refractivity contribution in [1.82, 2.24) is 0 Å². The van der Waals surface area contributed by atoms with Gasteiger partial charge in [0.25, 0.3) is 0 Å². The molecule has 0 radical (unpaired) electrons. The van der Waals surface area contributed by atoms with Crippen LogP contribution in [0, 0.1) is 0 Å². The number of rotatable bonds is 4. The highest BCUT2D eigenvalue weighted by Gasteiger charge is 2.12. The van der Waals surface area contributed by atoms with E-state index in [1.54, 1.807) is 25.3 Å². The van der Waals surface area contributed by atoms with Crippen LogP contribution < -0.4 is 9.47 Å². The van der Waals surface area contributed by atoms with Crippen molar-refractivity contribution in [2.45, 2.75) is 6.10 Å². The Labute approximate surface area is 82.7 Å². The molecule has 78 valence electrons. The average molecular weight is 198 g/mol. The maximum Gasteiger partial charge on any atom is 0.128 e. The second-order valence-electron chi connectivity index (χ2n) is 2.81. The standard InChI is InChI=1S/C10H14O4/c1-13-7-3-4-8(9(12)6-11)10(5-7)14-2/h3-5,9,11-12H,6H2,1-2H3. The molecule has 0 aliphatic heterocycles. The molecule has 1 aromatic rings. The van der Waals surface area contributed by atoms with Gasteiger partial charge in [0, 0.05) is 11.6 Å². The molecule has 0 fully saturated rings. The molecule has 0 bridgehead atoms. The van der Waals surface area contributed by atoms with Crippen LogP contribution in [0.5, 0.6) is 11.5 Å². The summed E-state index contributed by atoms with van der Waals surface area (Å²) in [6, 6.07) is 5.03. The summed E-state index contributed by atoms with van der Waals surface area (Å²) in [5.74, 6) is 1.15. The van der Waals surface area contributed by atoms with Crippen LogP contribution >= 0.6 is 0 Å². The molecular weight excluding hydrogens is 184 g/mol. The van der Waals surface area contributed by atoms with Gasteiger partial charge in [0.2, 0.25) is 0 Å². The lowest BCUT2D eigenvalue weighted by atomic mass is 10.1. The highest BCUT2D eigenvalue weighted by Crippen LogP contribution is 2.28. The molecule has 0 aliphatic carbocycles. The number of methoxy groups -OCH3 is 2. The molecule has 1 rings (SSSR count). The second-order valence-corrected chi connectivity index (χ2v) is 2.81. The highest BCUT2D eigenvalue weighted by atomic mass is 16.5. The molecule has 4 heteroatoms. The van der Waals surface area contributed by atoms with Gasteiger partial charge in [0.15, 0.2) is 0 Å². The fourth-order valence-corrected chi connectivity index (χ4v) is 1.19. The van der Waals surface area contributed by atoms with E-state index in [0.717, 1.165) is 0 Å². The fraction of sp³-hybridized carbons (Fsp3) is 0.400. The summed E-state index contributed by atoms with van der Waals surface area (Å²) >= 11 is 0. The Balaban J connectivity index is 3.04. The third-order valence-electron chi connectivity index (χ3n) is 1.97. The van der Waals surface area contributed by atoms with Crippen molar-refractivity contribution >= 4 is 0 Å². The Bertz CT molecular complexity index is 298. The summed E-state index contributed by atoms with van der Waals surface area (Å²) in [6.07, 6.45) is -0.921. The Kier molecular flexibility index (Phi) is 3.73. The molecule has 0 spiro atoms. The summed E-state index contributed by atoms with van der Waals surface area (Å²) in [4.78, 5) is 0. The Morgan fingerprint density at radius 1 is 1.29 bits per heavy atom. The second kappa shape index (κ2) is 4.83. The number of hydrogen-bond donors (Lipinski definition) is 2. The van der Waals surface area contributed by atoms with Crippen LogP contribution in [0.1, 0.15) is 11.7 Å². The summed E-state index contributed by atoms with van der Waals surface area (Å²) in [5, 5.41) is 18.2. The van der Waals surface area contributed by atoms with E-state index in [1.165, 1.54) is 7.11 Å². The summed E-state index contributed by atoms with van der Waals surface area (Å²) in [7, 11) is 3.05. The normalized spacial score (nSPS) is 12.3. The molecule has 0 heterocycles. The smallest absolute Gasteiger partial charge is 0.128 e. The van der Waals surface area contributed by atoms with Gasteiger partial charge in [-0.05, 0) is 12.1 Å². The average Bonchev–Trinajstić information content (AvgIpc) is 2.27. The largest absolute Gasteiger partial charge is 0.497 e. The van der Waals surface area contributed by atoms with E-state index in [4.69, 9.17) is 14.6 Å². The zero-order valence-electron chi connectivity index (χ0n) is 8.23. The van der Waals surface area contributed by atoms with Crippen LogP contribution in [0.15, 0.2) is 18.2 Å². The zero-order valence-corrected chi connectivity index (χ0v) is 8.23. The molecule has 1 atom stereocenters. The van der Waals surface area contributed by atoms with Gasteiger partial charge in [0.05, 0.1) is 20.8 Å². The van der Waals surface area contributed by atoms with Gasteiger partial charge in [-0.25, -0.2) is 0 Å². The lowest BCUT2D eigenvalue weighted by Gasteiger charge is -2.13. The molecule has 2 N–H and O–H groups in total. The zero-order chi connectivity index (χ0) is 10.6. The molecule has 0 saturated heterocycles. The Hall–Kier alpha value is -1.26. The first-order valence-corrected chi connectivity index (χ1v) is 4.23. The van der Waals surface area contributed by atoms with E-state index in [1.807, 2.05) is 0 Å². The van der Waals surface area contributed by atoms with Crippen molar-refractivity contribution in [2.24, 2.45) is 0 Å². The van der Waals surface area contributed by atoms with Gasteiger partial charge >= 0.3 is 0 Å². The summed E-state index contributed by atoms with van der Waals surface area (Å²) in [5.41, 5.74) is 0.552. The van der Waals surface area contributed by atoms with Crippen LogP contribution in [0.25, 0.3) is 0 Å². The van der Waals surface area contributed by atoms with Gasteiger partial charge in [-0.2, -0.15) is 0 Å². The van der Waals surface area contributed by atoms with Crippen molar-refractivity contribution in [3.63, 3.8) is 0 Å². The Morgan fingerprint density at radius 3 is 2.50 bits per heavy atom. The van der Waals surface area contributed by atoms with Crippen LogP contribution in [-0.4, -0.2) is 31.0 Å². The molecule has 0 saturated carbocycles. The molecule has 0 aromatic heterocycles. The molecule has 4 nitrogen and oxygen atoms in total. The van der Waals surface area contributed by atoms with E-state index in [0.29, 0.717) is 17.1 Å². The Morgan fingerprint density at radius 2 is 2.00 bits per heavy atom. The van der Waals surface area contributed by atoms with Crippen molar-refractivity contribution in [2.75, 3.05) is 20.8 Å². The van der Waals surface area contributed by atoms with Crippen molar-refractivity contribution in [3.8, 4) is 11.5 Å². The summed E-state index contributed by atoms with van der Waals surface area (Å²) < 4.78 is 10.1. The minimum absolute atomic E-state index is 0.331. The number of ether oxygens (including phenoxy) is 2. The predicted octanol–water partition coefficient (Wildman–Crippen LogP) is 0.729. The third-order valence-corrected chi connectivity index (χ3v) is 1.97. The van der Waals surface area contributed by atoms with Crippen molar-refractivity contribution in [3.05, 3.63) is 23.8 Å². The van der Waals surface area contributed by atoms with Crippen LogP contribution in [0.4, 0.5) is 0 Å². The number of aliphatic hydroxyl groups is 2. The van der Waals surface area contributed by atoms with E-state index in [2.05, 4.69) is 0 Å². The third kappa shape index (κ3) is 2.16. The monoisotopic (exact) mass is 198 g/mol. The van der Waals surface area contributed by atoms with E-state index >= 15 is 0 Å². The highest BCUT2D eigenvalue weighted by molar-refractivity contribution is 5.41. The number of hydrogen-bond acceptors (Lipinski definition) is 4. The lowest BCUT2D eigenvalue weighted by molar-refractivity contribution is 0.0933. The first-order chi connectivity index (χ1) is 6.72. The first kappa shape index (κ1) is 10.8. The van der Waals surface area contributed by atoms with Gasteiger partial charge in [-0.15, -0.1) is 0 Å². The quantitative estimate of drug-likeness (QED) is 0.748. The van der Waals surface area contributed by atoms with Crippen LogP contribution in [0.2, 0.25) is 0 Å². The van der Waals surface area contributed by atoms with E-state index in [9.17, 15) is 5.11 Å². The minimum Gasteiger partial charge on any atom is -0.497 e. The molecule has 1 unspecified atom stereocenters. The predicted molar refractivity (Wildman–Crippen MR) is 51.6 cm³/mol. The van der Waals surface area contributed by atoms with Gasteiger partial charge in [-0.1, -0.05) is 0 Å². The topological polar surface area (TPSA) is 58.9 Å². The minimum atomic E-state index is -0.921. The number of aliphatic hydroxyl groups excluding tert-OH is 2. The summed E-state index contributed by atoms with van der Waals surface area (Å²) in [6.45, 7) is -0.331. The molecule has 0 aliphatic rings. The van der Waals surface area contributed by atoms with Crippen LogP contribution in [-0.2, 0) is 0 Å². The van der Waals surface area contributed by atoms with E-state index < -0.39 is 6.10 Å². The molecule has 0 amide bonds. The van der Waals surface area contributed by atoms with Gasteiger partial charge in [-0.3, -0.25) is 0 Å². The lowest BCUT2D eigenvalue weighted by Crippen LogP contribution is -2.04. The van der Waals surface area contributed by atoms with Crippen LogP contribution in [0.3, 0.4) is 0 Å². The first-order valence-electron chi connectivity index (χ1n) is 4.23. The van der Waals surface area contributed by atoms with Gasteiger partial charge < -0.3 is 19.7 Å². The molecule has 14 heavy (non-hydrogen) atoms. The molecular formula is C10H14O4. The maximum absolute atomic E-state index is 9.43. The maximum atomic E-state index is 9.43. The number of benzene rings is 1. The fourth-order valence-electron chi connectivity index (χ4n) is 1.19. The van der Waals surface area contributed by atoms with Gasteiger partial charge in [0.1, 0.15) is 17.6 Å². The SMILES string of the molecule is COc1ccc(C(O)CO)c(OC)c1. The van der Waals surface area contributed by atoms with E-state index in [-0.39, 0.29) is 6.61 Å².